The van der Waals surface area contributed by atoms with Gasteiger partial charge in [-0.25, -0.2) is 9.78 Å². The predicted octanol–water partition coefficient (Wildman–Crippen LogP) is 7.69. The smallest absolute Gasteiger partial charge is 0.338 e. The van der Waals surface area contributed by atoms with Crippen molar-refractivity contribution in [3.63, 3.8) is 0 Å². The number of rotatable bonds is 7. The first kappa shape index (κ1) is 26.6. The summed E-state index contributed by atoms with van der Waals surface area (Å²) >= 11 is 0. The molecule has 0 aliphatic carbocycles. The maximum absolute atomic E-state index is 13.7. The van der Waals surface area contributed by atoms with Crippen LogP contribution in [0, 0.1) is 0 Å². The zero-order chi connectivity index (χ0) is 28.1. The molecule has 0 unspecified atom stereocenters. The summed E-state index contributed by atoms with van der Waals surface area (Å²) in [6, 6.07) is 33.6. The molecule has 0 atom stereocenters. The maximum atomic E-state index is 13.7. The minimum absolute atomic E-state index is 0.201. The monoisotopic (exact) mass is 530 g/mol. The summed E-state index contributed by atoms with van der Waals surface area (Å²) in [6.45, 7) is 6.04. The number of amides is 1. The molecule has 1 heterocycles. The number of carbonyl (C=O) groups is 2. The van der Waals surface area contributed by atoms with Crippen LogP contribution in [0.5, 0.6) is 5.75 Å². The van der Waals surface area contributed by atoms with E-state index >= 15 is 0 Å². The van der Waals surface area contributed by atoms with Crippen molar-refractivity contribution in [2.75, 3.05) is 5.32 Å². The van der Waals surface area contributed by atoms with Crippen LogP contribution in [0.1, 0.15) is 47.1 Å². The van der Waals surface area contributed by atoms with E-state index in [0.29, 0.717) is 28.2 Å². The SMILES string of the molecule is CC(C)(C)Oc1cccc(-c2ccccc2)c1C(=O)Nc1ccc2cc(C(=O)OCc3ccccc3)ccc2n1. The third-order valence-corrected chi connectivity index (χ3v) is 6.13. The molecule has 0 bridgehead atoms. The largest absolute Gasteiger partial charge is 0.487 e. The Labute approximate surface area is 233 Å². The number of aromatic nitrogens is 1. The first-order valence-corrected chi connectivity index (χ1v) is 13.1. The topological polar surface area (TPSA) is 77.5 Å². The van der Waals surface area contributed by atoms with Gasteiger partial charge in [-0.2, -0.15) is 0 Å². The molecule has 0 fully saturated rings. The average Bonchev–Trinajstić information content (AvgIpc) is 2.95. The van der Waals surface area contributed by atoms with Gasteiger partial charge in [0.15, 0.2) is 0 Å². The van der Waals surface area contributed by atoms with E-state index in [1.165, 1.54) is 0 Å². The van der Waals surface area contributed by atoms with Gasteiger partial charge in [0.25, 0.3) is 5.91 Å². The summed E-state index contributed by atoms with van der Waals surface area (Å²) in [5, 5.41) is 3.70. The Bertz CT molecular complexity index is 1660. The highest BCUT2D eigenvalue weighted by Crippen LogP contribution is 2.33. The number of hydrogen-bond donors (Lipinski definition) is 1. The third kappa shape index (κ3) is 6.35. The number of fused-ring (bicyclic) bond motifs is 1. The van der Waals surface area contributed by atoms with Gasteiger partial charge < -0.3 is 14.8 Å². The van der Waals surface area contributed by atoms with E-state index in [4.69, 9.17) is 9.47 Å². The van der Waals surface area contributed by atoms with Gasteiger partial charge >= 0.3 is 5.97 Å². The number of benzene rings is 4. The van der Waals surface area contributed by atoms with Crippen molar-refractivity contribution in [1.29, 1.82) is 0 Å². The molecule has 5 rings (SSSR count). The molecule has 6 nitrogen and oxygen atoms in total. The van der Waals surface area contributed by atoms with Crippen LogP contribution in [-0.2, 0) is 11.3 Å². The zero-order valence-electron chi connectivity index (χ0n) is 22.7. The Morgan fingerprint density at radius 3 is 2.25 bits per heavy atom. The lowest BCUT2D eigenvalue weighted by molar-refractivity contribution is 0.0472. The number of esters is 1. The number of ether oxygens (including phenoxy) is 2. The molecule has 1 N–H and O–H groups in total. The first-order chi connectivity index (χ1) is 19.3. The van der Waals surface area contributed by atoms with E-state index in [1.54, 1.807) is 30.3 Å². The average molecular weight is 531 g/mol. The van der Waals surface area contributed by atoms with E-state index in [9.17, 15) is 9.59 Å². The second kappa shape index (κ2) is 11.4. The molecular weight excluding hydrogens is 500 g/mol. The number of nitrogens with zero attached hydrogens (tertiary/aromatic N) is 1. The highest BCUT2D eigenvalue weighted by atomic mass is 16.5. The molecule has 0 spiro atoms. The van der Waals surface area contributed by atoms with Crippen molar-refractivity contribution in [2.24, 2.45) is 0 Å². The minimum Gasteiger partial charge on any atom is -0.487 e. The van der Waals surface area contributed by atoms with E-state index in [1.807, 2.05) is 99.6 Å². The molecule has 1 aromatic heterocycles. The third-order valence-electron chi connectivity index (χ3n) is 6.13. The fourth-order valence-corrected chi connectivity index (χ4v) is 4.35. The molecule has 200 valence electrons. The molecule has 0 radical (unpaired) electrons. The number of nitrogens with one attached hydrogen (secondary N) is 1. The zero-order valence-corrected chi connectivity index (χ0v) is 22.7. The summed E-state index contributed by atoms with van der Waals surface area (Å²) in [5.41, 5.74) is 3.60. The second-order valence-electron chi connectivity index (χ2n) is 10.4. The highest BCUT2D eigenvalue weighted by Gasteiger charge is 2.23. The minimum atomic E-state index is -0.495. The van der Waals surface area contributed by atoms with Gasteiger partial charge in [0, 0.05) is 5.39 Å². The molecule has 4 aromatic carbocycles. The molecule has 5 aromatic rings. The lowest BCUT2D eigenvalue weighted by Crippen LogP contribution is -2.25. The van der Waals surface area contributed by atoms with E-state index < -0.39 is 11.6 Å². The fourth-order valence-electron chi connectivity index (χ4n) is 4.35. The molecule has 1 amide bonds. The second-order valence-corrected chi connectivity index (χ2v) is 10.4. The van der Waals surface area contributed by atoms with Crippen molar-refractivity contribution in [2.45, 2.75) is 33.0 Å². The maximum Gasteiger partial charge on any atom is 0.338 e. The van der Waals surface area contributed by atoms with Gasteiger partial charge in [0.2, 0.25) is 0 Å². The summed E-state index contributed by atoms with van der Waals surface area (Å²) in [7, 11) is 0. The van der Waals surface area contributed by atoms with Gasteiger partial charge in [0.1, 0.15) is 23.8 Å². The van der Waals surface area contributed by atoms with Crippen LogP contribution in [0.25, 0.3) is 22.0 Å². The molecule has 40 heavy (non-hydrogen) atoms. The molecular formula is C34H30N2O4. The summed E-state index contributed by atoms with van der Waals surface area (Å²) in [4.78, 5) is 30.9. The van der Waals surface area contributed by atoms with Crippen molar-refractivity contribution < 1.29 is 19.1 Å². The highest BCUT2D eigenvalue weighted by molar-refractivity contribution is 6.10. The number of pyridine rings is 1. The summed E-state index contributed by atoms with van der Waals surface area (Å²) in [6.07, 6.45) is 0. The predicted molar refractivity (Wildman–Crippen MR) is 158 cm³/mol. The van der Waals surface area contributed by atoms with Crippen LogP contribution < -0.4 is 10.1 Å². The fraction of sp³-hybridized carbons (Fsp3) is 0.147. The molecule has 0 aliphatic rings. The summed E-state index contributed by atoms with van der Waals surface area (Å²) < 4.78 is 11.6. The first-order valence-electron chi connectivity index (χ1n) is 13.1. The van der Waals surface area contributed by atoms with Crippen LogP contribution in [-0.4, -0.2) is 22.5 Å². The van der Waals surface area contributed by atoms with Gasteiger partial charge in [-0.15, -0.1) is 0 Å². The molecule has 0 saturated heterocycles. The van der Waals surface area contributed by atoms with Gasteiger partial charge in [-0.05, 0) is 73.9 Å². The molecule has 0 aliphatic heterocycles. The Balaban J connectivity index is 1.39. The van der Waals surface area contributed by atoms with Crippen LogP contribution in [0.2, 0.25) is 0 Å². The van der Waals surface area contributed by atoms with Crippen LogP contribution in [0.3, 0.4) is 0 Å². The van der Waals surface area contributed by atoms with E-state index in [2.05, 4.69) is 10.3 Å². The number of hydrogen-bond acceptors (Lipinski definition) is 5. The summed E-state index contributed by atoms with van der Waals surface area (Å²) in [5.74, 6) is 0.144. The van der Waals surface area contributed by atoms with Crippen molar-refractivity contribution >= 4 is 28.6 Å². The molecule has 6 heteroatoms. The number of carbonyl (C=O) groups excluding carboxylic acids is 2. The van der Waals surface area contributed by atoms with Gasteiger partial charge in [-0.1, -0.05) is 72.8 Å². The van der Waals surface area contributed by atoms with Crippen LogP contribution in [0.15, 0.2) is 109 Å². The number of anilines is 1. The van der Waals surface area contributed by atoms with E-state index in [-0.39, 0.29) is 12.5 Å². The van der Waals surface area contributed by atoms with E-state index in [0.717, 1.165) is 22.1 Å². The van der Waals surface area contributed by atoms with Crippen molar-refractivity contribution in [3.05, 3.63) is 126 Å². The lowest BCUT2D eigenvalue weighted by atomic mass is 9.98. The van der Waals surface area contributed by atoms with Crippen molar-refractivity contribution in [3.8, 4) is 16.9 Å². The van der Waals surface area contributed by atoms with Gasteiger partial charge in [-0.3, -0.25) is 4.79 Å². The Morgan fingerprint density at radius 2 is 1.52 bits per heavy atom. The van der Waals surface area contributed by atoms with Gasteiger partial charge in [0.05, 0.1) is 16.6 Å². The van der Waals surface area contributed by atoms with Crippen LogP contribution >= 0.6 is 0 Å². The standard InChI is InChI=1S/C34H30N2O4/c1-34(2,3)40-29-16-10-15-27(24-13-8-5-9-14-24)31(29)32(37)36-30-20-18-25-21-26(17-19-28(25)35-30)33(38)39-22-23-11-6-4-7-12-23/h4-21H,22H2,1-3H3,(H,35,36,37). The molecule has 0 saturated carbocycles. The Kier molecular flexibility index (Phi) is 7.60. The van der Waals surface area contributed by atoms with Crippen molar-refractivity contribution in [1.82, 2.24) is 4.98 Å². The Hall–Kier alpha value is -4.97. The Morgan fingerprint density at radius 1 is 0.800 bits per heavy atom. The van der Waals surface area contributed by atoms with Crippen LogP contribution in [0.4, 0.5) is 5.82 Å². The lowest BCUT2D eigenvalue weighted by Gasteiger charge is -2.24. The normalized spacial score (nSPS) is 11.2. The quantitative estimate of drug-likeness (QED) is 0.218.